The van der Waals surface area contributed by atoms with Crippen LogP contribution in [0.4, 0.5) is 14.5 Å². The van der Waals surface area contributed by atoms with Crippen LogP contribution >= 0.6 is 21.6 Å². The third-order valence-electron chi connectivity index (χ3n) is 2.68. The van der Waals surface area contributed by atoms with Crippen molar-refractivity contribution < 1.29 is 28.4 Å². The van der Waals surface area contributed by atoms with Crippen LogP contribution in [0.3, 0.4) is 0 Å². The standard InChI is InChI=1S/C13H14F2N2O5S2/c14-13(15,9-1-3-10(4-2-9)17(21)22)12(20)16-6-8-24-23-7-5-11(18)19/h1-4H,5-8H2,(H,16,20)(H,18,19). The molecule has 0 saturated heterocycles. The number of amides is 1. The number of carboxylic acid groups (broad SMARTS) is 1. The van der Waals surface area contributed by atoms with Crippen LogP contribution in [0.25, 0.3) is 0 Å². The van der Waals surface area contributed by atoms with Crippen molar-refractivity contribution in [3.63, 3.8) is 0 Å². The van der Waals surface area contributed by atoms with E-state index in [0.29, 0.717) is 11.5 Å². The highest BCUT2D eigenvalue weighted by Gasteiger charge is 2.40. The number of carbonyl (C=O) groups excluding carboxylic acids is 1. The van der Waals surface area contributed by atoms with Gasteiger partial charge >= 0.3 is 11.9 Å². The molecule has 1 aromatic carbocycles. The average molecular weight is 380 g/mol. The predicted octanol–water partition coefficient (Wildman–Crippen LogP) is 2.66. The summed E-state index contributed by atoms with van der Waals surface area (Å²) < 4.78 is 27.9. The van der Waals surface area contributed by atoms with Crippen molar-refractivity contribution >= 4 is 39.2 Å². The molecule has 0 spiro atoms. The van der Waals surface area contributed by atoms with E-state index in [1.165, 1.54) is 21.6 Å². The SMILES string of the molecule is O=C(O)CCSSCCNC(=O)C(F)(F)c1ccc([N+](=O)[O-])cc1. The van der Waals surface area contributed by atoms with Crippen LogP contribution in [0.2, 0.25) is 0 Å². The monoisotopic (exact) mass is 380 g/mol. The molecule has 132 valence electrons. The number of hydrogen-bond donors (Lipinski definition) is 2. The second kappa shape index (κ2) is 9.42. The van der Waals surface area contributed by atoms with E-state index in [4.69, 9.17) is 5.11 Å². The smallest absolute Gasteiger partial charge is 0.349 e. The van der Waals surface area contributed by atoms with Gasteiger partial charge in [-0.05, 0) is 12.1 Å². The molecule has 11 heteroatoms. The molecule has 1 rings (SSSR count). The van der Waals surface area contributed by atoms with Gasteiger partial charge in [-0.15, -0.1) is 0 Å². The van der Waals surface area contributed by atoms with Crippen molar-refractivity contribution in [2.24, 2.45) is 0 Å². The highest BCUT2D eigenvalue weighted by Crippen LogP contribution is 2.29. The van der Waals surface area contributed by atoms with E-state index in [1.54, 1.807) is 0 Å². The summed E-state index contributed by atoms with van der Waals surface area (Å²) in [4.78, 5) is 31.6. The zero-order chi connectivity index (χ0) is 18.2. The average Bonchev–Trinajstić information content (AvgIpc) is 2.53. The Bertz CT molecular complexity index is 599. The van der Waals surface area contributed by atoms with Gasteiger partial charge in [0.1, 0.15) is 0 Å². The van der Waals surface area contributed by atoms with Crippen molar-refractivity contribution in [2.75, 3.05) is 18.1 Å². The molecular weight excluding hydrogens is 366 g/mol. The first-order valence-corrected chi connectivity index (χ1v) is 9.11. The van der Waals surface area contributed by atoms with Gasteiger partial charge in [0.15, 0.2) is 0 Å². The Kier molecular flexibility index (Phi) is 7.92. The highest BCUT2D eigenvalue weighted by molar-refractivity contribution is 8.76. The summed E-state index contributed by atoms with van der Waals surface area (Å²) in [6, 6.07) is 3.50. The van der Waals surface area contributed by atoms with Crippen LogP contribution in [-0.2, 0) is 15.5 Å². The van der Waals surface area contributed by atoms with Crippen molar-refractivity contribution in [3.05, 3.63) is 39.9 Å². The molecule has 0 radical (unpaired) electrons. The van der Waals surface area contributed by atoms with Crippen molar-refractivity contribution in [1.82, 2.24) is 5.32 Å². The second-order valence-electron chi connectivity index (χ2n) is 4.42. The van der Waals surface area contributed by atoms with Gasteiger partial charge in [-0.2, -0.15) is 8.78 Å². The maximum absolute atomic E-state index is 13.9. The molecule has 0 aliphatic rings. The molecule has 7 nitrogen and oxygen atoms in total. The number of rotatable bonds is 10. The van der Waals surface area contributed by atoms with Crippen LogP contribution in [0.15, 0.2) is 24.3 Å². The molecule has 2 N–H and O–H groups in total. The molecule has 0 saturated carbocycles. The van der Waals surface area contributed by atoms with Gasteiger partial charge < -0.3 is 10.4 Å². The second-order valence-corrected chi connectivity index (χ2v) is 7.12. The van der Waals surface area contributed by atoms with E-state index < -0.39 is 28.3 Å². The van der Waals surface area contributed by atoms with Crippen LogP contribution in [0.5, 0.6) is 0 Å². The Morgan fingerprint density at radius 1 is 1.21 bits per heavy atom. The minimum absolute atomic E-state index is 0.00222. The number of alkyl halides is 2. The predicted molar refractivity (Wildman–Crippen MR) is 87.2 cm³/mol. The van der Waals surface area contributed by atoms with E-state index >= 15 is 0 Å². The quantitative estimate of drug-likeness (QED) is 0.278. The largest absolute Gasteiger partial charge is 0.481 e. The van der Waals surface area contributed by atoms with Crippen LogP contribution in [0, 0.1) is 10.1 Å². The van der Waals surface area contributed by atoms with Gasteiger partial charge in [-0.25, -0.2) is 0 Å². The lowest BCUT2D eigenvalue weighted by atomic mass is 10.1. The van der Waals surface area contributed by atoms with Gasteiger partial charge in [0.05, 0.1) is 11.3 Å². The summed E-state index contributed by atoms with van der Waals surface area (Å²) in [7, 11) is 2.54. The summed E-state index contributed by atoms with van der Waals surface area (Å²) >= 11 is 0. The number of nitrogens with zero attached hydrogens (tertiary/aromatic N) is 1. The zero-order valence-corrected chi connectivity index (χ0v) is 13.9. The van der Waals surface area contributed by atoms with Gasteiger partial charge in [0.2, 0.25) is 0 Å². The maximum atomic E-state index is 13.9. The number of nitrogens with one attached hydrogen (secondary N) is 1. The van der Waals surface area contributed by atoms with E-state index in [2.05, 4.69) is 5.32 Å². The molecule has 1 amide bonds. The third-order valence-corrected chi connectivity index (χ3v) is 5.09. The molecule has 0 aliphatic heterocycles. The van der Waals surface area contributed by atoms with E-state index in [0.717, 1.165) is 24.3 Å². The first kappa shape index (κ1) is 20.2. The number of benzene rings is 1. The molecule has 0 heterocycles. The number of non-ortho nitro benzene ring substituents is 1. The minimum atomic E-state index is -3.80. The first-order chi connectivity index (χ1) is 11.2. The first-order valence-electron chi connectivity index (χ1n) is 6.62. The van der Waals surface area contributed by atoms with E-state index in [9.17, 15) is 28.5 Å². The van der Waals surface area contributed by atoms with Crippen LogP contribution in [-0.4, -0.2) is 40.0 Å². The molecule has 24 heavy (non-hydrogen) atoms. The van der Waals surface area contributed by atoms with Gasteiger partial charge in [0.25, 0.3) is 11.6 Å². The van der Waals surface area contributed by atoms with Gasteiger partial charge in [0, 0.05) is 35.7 Å². The Morgan fingerprint density at radius 2 is 1.79 bits per heavy atom. The number of carbonyl (C=O) groups is 2. The lowest BCUT2D eigenvalue weighted by Crippen LogP contribution is -2.39. The Morgan fingerprint density at radius 3 is 2.33 bits per heavy atom. The number of aliphatic carboxylic acids is 1. The molecule has 0 aliphatic carbocycles. The van der Waals surface area contributed by atoms with E-state index in [1.807, 2.05) is 0 Å². The Hall–Kier alpha value is -1.88. The van der Waals surface area contributed by atoms with Crippen LogP contribution < -0.4 is 5.32 Å². The lowest BCUT2D eigenvalue weighted by molar-refractivity contribution is -0.384. The van der Waals surface area contributed by atoms with Gasteiger partial charge in [-0.3, -0.25) is 19.7 Å². The fraction of sp³-hybridized carbons (Fsp3) is 0.385. The van der Waals surface area contributed by atoms with Crippen LogP contribution in [0.1, 0.15) is 12.0 Å². The number of hydrogen-bond acceptors (Lipinski definition) is 6. The fourth-order valence-corrected chi connectivity index (χ4v) is 3.37. The molecule has 0 aromatic heterocycles. The van der Waals surface area contributed by atoms with Crippen molar-refractivity contribution in [3.8, 4) is 0 Å². The highest BCUT2D eigenvalue weighted by atomic mass is 33.1. The number of carboxylic acids is 1. The molecule has 1 aromatic rings. The number of nitro groups is 1. The summed E-state index contributed by atoms with van der Waals surface area (Å²) in [5.41, 5.74) is -0.973. The van der Waals surface area contributed by atoms with Gasteiger partial charge in [-0.1, -0.05) is 21.6 Å². The fourth-order valence-electron chi connectivity index (χ4n) is 1.49. The van der Waals surface area contributed by atoms with E-state index in [-0.39, 0.29) is 18.7 Å². The summed E-state index contributed by atoms with van der Waals surface area (Å²) in [5.74, 6) is -5.48. The third kappa shape index (κ3) is 6.32. The molecule has 0 bridgehead atoms. The van der Waals surface area contributed by atoms with Crippen molar-refractivity contribution in [1.29, 1.82) is 0 Å². The Labute approximate surface area is 143 Å². The maximum Gasteiger partial charge on any atom is 0.349 e. The molecular formula is C13H14F2N2O5S2. The summed E-state index contributed by atoms with van der Waals surface area (Å²) in [6.07, 6.45) is 0.00222. The zero-order valence-electron chi connectivity index (χ0n) is 12.2. The number of nitro benzene ring substituents is 1. The topological polar surface area (TPSA) is 110 Å². The normalized spacial score (nSPS) is 11.1. The summed E-state index contributed by atoms with van der Waals surface area (Å²) in [6.45, 7) is -0.00779. The molecule has 0 fully saturated rings. The minimum Gasteiger partial charge on any atom is -0.481 e. The Balaban J connectivity index is 2.42. The molecule has 0 unspecified atom stereocenters. The van der Waals surface area contributed by atoms with Crippen molar-refractivity contribution in [2.45, 2.75) is 12.3 Å². The lowest BCUT2D eigenvalue weighted by Gasteiger charge is -2.16. The number of halogens is 2. The summed E-state index contributed by atoms with van der Waals surface area (Å²) in [5, 5.41) is 21.0. The molecule has 0 atom stereocenters.